The Morgan fingerprint density at radius 2 is 1.35 bits per heavy atom. The van der Waals surface area contributed by atoms with E-state index in [0.717, 1.165) is 18.1 Å². The summed E-state index contributed by atoms with van der Waals surface area (Å²) < 4.78 is 0. The zero-order chi connectivity index (χ0) is 11.7. The summed E-state index contributed by atoms with van der Waals surface area (Å²) in [6, 6.07) is 2.98. The summed E-state index contributed by atoms with van der Waals surface area (Å²) in [4.78, 5) is 2.70. The molecule has 0 aromatic carbocycles. The van der Waals surface area contributed by atoms with Crippen molar-refractivity contribution in [2.75, 3.05) is 13.1 Å². The molecule has 0 unspecified atom stereocenters. The molecule has 3 heteroatoms. The Balaban J connectivity index is 1.38. The minimum atomic E-state index is 0.477. The number of likely N-dealkylation sites (tertiary alicyclic amines) is 1. The third kappa shape index (κ3) is 3.21. The molecule has 0 aromatic heterocycles. The predicted octanol–water partition coefficient (Wildman–Crippen LogP) is 1.47. The molecular formula is C14H27N3. The molecule has 2 saturated carbocycles. The van der Waals surface area contributed by atoms with Crippen LogP contribution in [0.1, 0.15) is 51.4 Å². The van der Waals surface area contributed by atoms with Gasteiger partial charge in [0.25, 0.3) is 0 Å². The molecule has 17 heavy (non-hydrogen) atoms. The van der Waals surface area contributed by atoms with Crippen molar-refractivity contribution in [3.8, 4) is 0 Å². The lowest BCUT2D eigenvalue weighted by molar-refractivity contribution is 0.175. The van der Waals surface area contributed by atoms with Gasteiger partial charge < -0.3 is 16.0 Å². The van der Waals surface area contributed by atoms with Crippen LogP contribution in [0.5, 0.6) is 0 Å². The Kier molecular flexibility index (Phi) is 3.69. The maximum atomic E-state index is 5.95. The molecule has 3 aliphatic rings. The first-order valence-corrected chi connectivity index (χ1v) is 7.57. The Bertz CT molecular complexity index is 236. The molecule has 0 spiro atoms. The van der Waals surface area contributed by atoms with Crippen LogP contribution >= 0.6 is 0 Å². The first-order chi connectivity index (χ1) is 8.31. The molecule has 3 fully saturated rings. The van der Waals surface area contributed by atoms with Crippen LogP contribution in [0.25, 0.3) is 0 Å². The lowest BCUT2D eigenvalue weighted by Gasteiger charge is -2.36. The average Bonchev–Trinajstić information content (AvgIpc) is 3.17. The fourth-order valence-electron chi connectivity index (χ4n) is 3.49. The molecule has 1 aliphatic heterocycles. The van der Waals surface area contributed by atoms with Gasteiger partial charge in [-0.25, -0.2) is 0 Å². The molecule has 3 nitrogen and oxygen atoms in total. The number of piperidine rings is 1. The third-order valence-corrected chi connectivity index (χ3v) is 4.84. The van der Waals surface area contributed by atoms with Gasteiger partial charge in [-0.05, 0) is 64.5 Å². The van der Waals surface area contributed by atoms with Crippen molar-refractivity contribution in [3.05, 3.63) is 0 Å². The molecule has 3 N–H and O–H groups in total. The lowest BCUT2D eigenvalue weighted by Crippen LogP contribution is -2.48. The highest BCUT2D eigenvalue weighted by atomic mass is 15.2. The van der Waals surface area contributed by atoms with Gasteiger partial charge in [-0.15, -0.1) is 0 Å². The van der Waals surface area contributed by atoms with E-state index in [1.807, 2.05) is 0 Å². The van der Waals surface area contributed by atoms with E-state index >= 15 is 0 Å². The first kappa shape index (κ1) is 11.9. The monoisotopic (exact) mass is 237 g/mol. The lowest BCUT2D eigenvalue weighted by atomic mass is 9.90. The summed E-state index contributed by atoms with van der Waals surface area (Å²) >= 11 is 0. The molecule has 0 radical (unpaired) electrons. The van der Waals surface area contributed by atoms with Gasteiger partial charge in [-0.2, -0.15) is 0 Å². The van der Waals surface area contributed by atoms with Crippen LogP contribution in [0.3, 0.4) is 0 Å². The second-order valence-electron chi connectivity index (χ2n) is 6.32. The molecule has 0 aromatic rings. The number of nitrogens with two attached hydrogens (primary N) is 1. The van der Waals surface area contributed by atoms with E-state index in [2.05, 4.69) is 10.2 Å². The number of hydrogen-bond acceptors (Lipinski definition) is 3. The van der Waals surface area contributed by atoms with Crippen molar-refractivity contribution in [2.45, 2.75) is 75.5 Å². The highest BCUT2D eigenvalue weighted by molar-refractivity contribution is 4.90. The molecule has 0 atom stereocenters. The minimum Gasteiger partial charge on any atom is -0.328 e. The van der Waals surface area contributed by atoms with E-state index < -0.39 is 0 Å². The predicted molar refractivity (Wildman–Crippen MR) is 71.0 cm³/mol. The molecule has 2 aliphatic carbocycles. The summed E-state index contributed by atoms with van der Waals surface area (Å²) in [7, 11) is 0. The summed E-state index contributed by atoms with van der Waals surface area (Å²) in [5.74, 6) is 0. The SMILES string of the molecule is NC1CCC(NC2CCN(C3CC3)CC2)CC1. The van der Waals surface area contributed by atoms with E-state index in [9.17, 15) is 0 Å². The van der Waals surface area contributed by atoms with Crippen LogP contribution in [0.4, 0.5) is 0 Å². The molecular weight excluding hydrogens is 210 g/mol. The van der Waals surface area contributed by atoms with Crippen LogP contribution in [-0.4, -0.2) is 42.2 Å². The summed E-state index contributed by atoms with van der Waals surface area (Å²) in [5.41, 5.74) is 5.95. The van der Waals surface area contributed by atoms with Crippen molar-refractivity contribution in [2.24, 2.45) is 5.73 Å². The summed E-state index contributed by atoms with van der Waals surface area (Å²) in [6.45, 7) is 2.66. The van der Waals surface area contributed by atoms with Gasteiger partial charge in [0.15, 0.2) is 0 Å². The van der Waals surface area contributed by atoms with E-state index in [4.69, 9.17) is 5.73 Å². The zero-order valence-electron chi connectivity index (χ0n) is 10.9. The average molecular weight is 237 g/mol. The number of nitrogens with one attached hydrogen (secondary N) is 1. The molecule has 3 rings (SSSR count). The Morgan fingerprint density at radius 1 is 0.765 bits per heavy atom. The largest absolute Gasteiger partial charge is 0.328 e. The van der Waals surface area contributed by atoms with E-state index in [0.29, 0.717) is 6.04 Å². The molecule has 0 bridgehead atoms. The van der Waals surface area contributed by atoms with Gasteiger partial charge in [0.05, 0.1) is 0 Å². The van der Waals surface area contributed by atoms with Gasteiger partial charge >= 0.3 is 0 Å². The van der Waals surface area contributed by atoms with Crippen molar-refractivity contribution in [3.63, 3.8) is 0 Å². The van der Waals surface area contributed by atoms with Gasteiger partial charge in [-0.1, -0.05) is 0 Å². The smallest absolute Gasteiger partial charge is 0.00964 e. The Morgan fingerprint density at radius 3 is 1.94 bits per heavy atom. The van der Waals surface area contributed by atoms with Crippen molar-refractivity contribution >= 4 is 0 Å². The van der Waals surface area contributed by atoms with Gasteiger partial charge in [0, 0.05) is 24.2 Å². The number of hydrogen-bond donors (Lipinski definition) is 2. The maximum Gasteiger partial charge on any atom is 0.00964 e. The number of rotatable bonds is 3. The second-order valence-corrected chi connectivity index (χ2v) is 6.32. The van der Waals surface area contributed by atoms with Gasteiger partial charge in [0.1, 0.15) is 0 Å². The summed E-state index contributed by atoms with van der Waals surface area (Å²) in [6.07, 6.45) is 10.7. The molecule has 1 saturated heterocycles. The van der Waals surface area contributed by atoms with Crippen molar-refractivity contribution in [1.82, 2.24) is 10.2 Å². The fraction of sp³-hybridized carbons (Fsp3) is 1.00. The quantitative estimate of drug-likeness (QED) is 0.781. The first-order valence-electron chi connectivity index (χ1n) is 7.57. The van der Waals surface area contributed by atoms with E-state index in [1.165, 1.54) is 64.5 Å². The van der Waals surface area contributed by atoms with E-state index in [1.54, 1.807) is 0 Å². The van der Waals surface area contributed by atoms with Crippen LogP contribution < -0.4 is 11.1 Å². The molecule has 0 amide bonds. The Hall–Kier alpha value is -0.120. The standard InChI is InChI=1S/C14H27N3/c15-11-1-3-12(4-2-11)16-13-7-9-17(10-8-13)14-5-6-14/h11-14,16H,1-10,15H2. The highest BCUT2D eigenvalue weighted by Gasteiger charge is 2.32. The van der Waals surface area contributed by atoms with Crippen LogP contribution in [0.2, 0.25) is 0 Å². The second kappa shape index (κ2) is 5.25. The fourth-order valence-corrected chi connectivity index (χ4v) is 3.49. The minimum absolute atomic E-state index is 0.477. The number of nitrogens with zero attached hydrogens (tertiary/aromatic N) is 1. The van der Waals surface area contributed by atoms with Crippen molar-refractivity contribution < 1.29 is 0 Å². The third-order valence-electron chi connectivity index (χ3n) is 4.84. The normalized spacial score (nSPS) is 37.2. The molecule has 1 heterocycles. The van der Waals surface area contributed by atoms with Crippen LogP contribution in [0, 0.1) is 0 Å². The van der Waals surface area contributed by atoms with Crippen molar-refractivity contribution in [1.29, 1.82) is 0 Å². The van der Waals surface area contributed by atoms with Gasteiger partial charge in [-0.3, -0.25) is 0 Å². The molecule has 98 valence electrons. The van der Waals surface area contributed by atoms with Crippen LogP contribution in [-0.2, 0) is 0 Å². The maximum absolute atomic E-state index is 5.95. The zero-order valence-corrected chi connectivity index (χ0v) is 10.9. The highest BCUT2D eigenvalue weighted by Crippen LogP contribution is 2.29. The van der Waals surface area contributed by atoms with E-state index in [-0.39, 0.29) is 0 Å². The van der Waals surface area contributed by atoms with Gasteiger partial charge in [0.2, 0.25) is 0 Å². The topological polar surface area (TPSA) is 41.3 Å². The summed E-state index contributed by atoms with van der Waals surface area (Å²) in [5, 5.41) is 3.88. The Labute approximate surface area is 105 Å². The van der Waals surface area contributed by atoms with Crippen LogP contribution in [0.15, 0.2) is 0 Å².